The van der Waals surface area contributed by atoms with Crippen LogP contribution in [0.3, 0.4) is 0 Å². The third-order valence-electron chi connectivity index (χ3n) is 7.33. The first-order valence-electron chi connectivity index (χ1n) is 12.3. The lowest BCUT2D eigenvalue weighted by molar-refractivity contribution is -0.126. The molecule has 3 aliphatic heterocycles. The van der Waals surface area contributed by atoms with Gasteiger partial charge in [-0.2, -0.15) is 8.42 Å². The van der Waals surface area contributed by atoms with Crippen LogP contribution in [0.1, 0.15) is 42.9 Å². The predicted octanol–water partition coefficient (Wildman–Crippen LogP) is 2.81. The molecule has 2 fully saturated rings. The van der Waals surface area contributed by atoms with Crippen LogP contribution >= 0.6 is 0 Å². The number of carbonyl (C=O) groups excluding carboxylic acids is 1. The number of likely N-dealkylation sites (tertiary alicyclic amines) is 2. The molecule has 2 aromatic rings. The number of rotatable bonds is 6. The van der Waals surface area contributed by atoms with Crippen molar-refractivity contribution < 1.29 is 17.9 Å². The monoisotopic (exact) mass is 496 g/mol. The Morgan fingerprint density at radius 1 is 1.06 bits per heavy atom. The molecule has 1 amide bonds. The molecule has 2 saturated heterocycles. The topological polar surface area (TPSA) is 91.3 Å². The Bertz CT molecular complexity index is 1200. The zero-order valence-corrected chi connectivity index (χ0v) is 20.8. The summed E-state index contributed by atoms with van der Waals surface area (Å²) in [4.78, 5) is 17.8. The molecule has 0 spiro atoms. The van der Waals surface area contributed by atoms with Crippen LogP contribution in [0, 0.1) is 5.92 Å². The van der Waals surface area contributed by atoms with E-state index in [2.05, 4.69) is 26.7 Å². The van der Waals surface area contributed by atoms with Gasteiger partial charge in [0.2, 0.25) is 5.91 Å². The molecular weight excluding hydrogens is 464 g/mol. The van der Waals surface area contributed by atoms with Crippen LogP contribution in [0.5, 0.6) is 5.75 Å². The number of hydrogen-bond donors (Lipinski definition) is 1. The predicted molar refractivity (Wildman–Crippen MR) is 134 cm³/mol. The zero-order chi connectivity index (χ0) is 24.4. The SMILES string of the molecule is COc1ccc([C@@H](CNC(=O)C2CCN(C3=NS(=O)(=O)c4ccccc43)CC2)N2CCCC2)cc1. The number of ether oxygens (including phenoxy) is 1. The van der Waals surface area contributed by atoms with Gasteiger partial charge in [-0.15, -0.1) is 4.40 Å². The van der Waals surface area contributed by atoms with Crippen molar-refractivity contribution in [1.82, 2.24) is 15.1 Å². The van der Waals surface area contributed by atoms with E-state index in [0.717, 1.165) is 18.8 Å². The van der Waals surface area contributed by atoms with Crippen LogP contribution in [0.4, 0.5) is 0 Å². The molecule has 0 aliphatic carbocycles. The average molecular weight is 497 g/mol. The van der Waals surface area contributed by atoms with Gasteiger partial charge in [-0.3, -0.25) is 9.69 Å². The summed E-state index contributed by atoms with van der Waals surface area (Å²) in [5.41, 5.74) is 1.84. The molecule has 1 N–H and O–H groups in total. The second kappa shape index (κ2) is 9.99. The van der Waals surface area contributed by atoms with Crippen molar-refractivity contribution in [1.29, 1.82) is 0 Å². The molecular formula is C26H32N4O4S. The number of hydrogen-bond acceptors (Lipinski definition) is 6. The van der Waals surface area contributed by atoms with Crippen LogP contribution in [0.25, 0.3) is 0 Å². The maximum Gasteiger partial charge on any atom is 0.285 e. The fourth-order valence-corrected chi connectivity index (χ4v) is 6.58. The zero-order valence-electron chi connectivity index (χ0n) is 20.0. The number of amidine groups is 1. The average Bonchev–Trinajstić information content (AvgIpc) is 3.51. The first-order chi connectivity index (χ1) is 17.0. The first-order valence-corrected chi connectivity index (χ1v) is 13.8. The highest BCUT2D eigenvalue weighted by atomic mass is 32.2. The highest BCUT2D eigenvalue weighted by Gasteiger charge is 2.34. The Hall–Kier alpha value is -2.91. The van der Waals surface area contributed by atoms with Gasteiger partial charge in [0, 0.05) is 31.1 Å². The van der Waals surface area contributed by atoms with E-state index in [9.17, 15) is 13.2 Å². The van der Waals surface area contributed by atoms with Gasteiger partial charge in [0.1, 0.15) is 10.6 Å². The van der Waals surface area contributed by atoms with Crippen LogP contribution in [0.2, 0.25) is 0 Å². The Morgan fingerprint density at radius 3 is 2.43 bits per heavy atom. The number of carbonyl (C=O) groups is 1. The van der Waals surface area contributed by atoms with E-state index in [-0.39, 0.29) is 22.8 Å². The summed E-state index contributed by atoms with van der Waals surface area (Å²) in [5.74, 6) is 1.32. The number of sulfonamides is 1. The van der Waals surface area contributed by atoms with Gasteiger partial charge in [-0.05, 0) is 68.6 Å². The van der Waals surface area contributed by atoms with Crippen molar-refractivity contribution in [3.8, 4) is 5.75 Å². The minimum atomic E-state index is -3.64. The number of fused-ring (bicyclic) bond motifs is 1. The lowest BCUT2D eigenvalue weighted by Gasteiger charge is -2.33. The minimum Gasteiger partial charge on any atom is -0.497 e. The van der Waals surface area contributed by atoms with Crippen LogP contribution in [-0.4, -0.2) is 69.8 Å². The van der Waals surface area contributed by atoms with E-state index < -0.39 is 10.0 Å². The molecule has 186 valence electrons. The maximum atomic E-state index is 13.1. The highest BCUT2D eigenvalue weighted by molar-refractivity contribution is 7.90. The van der Waals surface area contributed by atoms with Gasteiger partial charge in [-0.25, -0.2) is 0 Å². The molecule has 0 bridgehead atoms. The summed E-state index contributed by atoms with van der Waals surface area (Å²) >= 11 is 0. The third-order valence-corrected chi connectivity index (χ3v) is 8.65. The van der Waals surface area contributed by atoms with Gasteiger partial charge >= 0.3 is 0 Å². The number of nitrogens with zero attached hydrogens (tertiary/aromatic N) is 3. The number of methoxy groups -OCH3 is 1. The summed E-state index contributed by atoms with van der Waals surface area (Å²) in [7, 11) is -1.97. The van der Waals surface area contributed by atoms with E-state index in [0.29, 0.717) is 43.9 Å². The molecule has 8 nitrogen and oxygen atoms in total. The van der Waals surface area contributed by atoms with Crippen molar-refractivity contribution in [2.45, 2.75) is 36.6 Å². The van der Waals surface area contributed by atoms with Gasteiger partial charge in [-0.1, -0.05) is 24.3 Å². The largest absolute Gasteiger partial charge is 0.497 e. The number of amides is 1. The van der Waals surface area contributed by atoms with Crippen molar-refractivity contribution in [2.75, 3.05) is 39.8 Å². The van der Waals surface area contributed by atoms with Crippen molar-refractivity contribution in [3.05, 3.63) is 59.7 Å². The van der Waals surface area contributed by atoms with Crippen LogP contribution in [-0.2, 0) is 14.8 Å². The Morgan fingerprint density at radius 2 is 1.74 bits per heavy atom. The molecule has 3 heterocycles. The van der Waals surface area contributed by atoms with E-state index in [1.165, 1.54) is 18.4 Å². The Balaban J connectivity index is 1.20. The number of benzene rings is 2. The number of piperidine rings is 1. The van der Waals surface area contributed by atoms with Crippen molar-refractivity contribution in [2.24, 2.45) is 10.3 Å². The summed E-state index contributed by atoms with van der Waals surface area (Å²) < 4.78 is 34.1. The quantitative estimate of drug-likeness (QED) is 0.661. The van der Waals surface area contributed by atoms with Gasteiger partial charge in [0.25, 0.3) is 10.0 Å². The molecule has 3 aliphatic rings. The third kappa shape index (κ3) is 4.92. The molecule has 35 heavy (non-hydrogen) atoms. The molecule has 2 aromatic carbocycles. The standard InChI is InChI=1S/C26H32N4O4S/c1-34-21-10-8-19(9-11-21)23(29-14-4-5-15-29)18-27-26(31)20-12-16-30(17-13-20)25-22-6-2-3-7-24(22)35(32,33)28-25/h2-3,6-11,20,23H,4-5,12-18H2,1H3,(H,27,31)/t23-/m1/s1. The second-order valence-corrected chi connectivity index (χ2v) is 11.0. The summed E-state index contributed by atoms with van der Waals surface area (Å²) in [6.45, 7) is 3.86. The molecule has 1 atom stereocenters. The smallest absolute Gasteiger partial charge is 0.285 e. The van der Waals surface area contributed by atoms with Crippen LogP contribution < -0.4 is 10.1 Å². The summed E-state index contributed by atoms with van der Waals surface area (Å²) in [6.07, 6.45) is 3.71. The summed E-state index contributed by atoms with van der Waals surface area (Å²) in [5, 5.41) is 3.21. The Kier molecular flexibility index (Phi) is 6.80. The van der Waals surface area contributed by atoms with Gasteiger partial charge in [0.15, 0.2) is 5.84 Å². The minimum absolute atomic E-state index is 0.0729. The van der Waals surface area contributed by atoms with Crippen molar-refractivity contribution in [3.63, 3.8) is 0 Å². The summed E-state index contributed by atoms with van der Waals surface area (Å²) in [6, 6.07) is 15.2. The van der Waals surface area contributed by atoms with E-state index in [1.807, 2.05) is 23.1 Å². The molecule has 0 saturated carbocycles. The van der Waals surface area contributed by atoms with Gasteiger partial charge in [0.05, 0.1) is 13.2 Å². The van der Waals surface area contributed by atoms with Gasteiger partial charge < -0.3 is 15.0 Å². The molecule has 5 rings (SSSR count). The molecule has 9 heteroatoms. The van der Waals surface area contributed by atoms with E-state index in [1.54, 1.807) is 25.3 Å². The van der Waals surface area contributed by atoms with E-state index >= 15 is 0 Å². The maximum absolute atomic E-state index is 13.1. The van der Waals surface area contributed by atoms with Crippen molar-refractivity contribution >= 4 is 21.8 Å². The fraction of sp³-hybridized carbons (Fsp3) is 0.462. The number of nitrogens with one attached hydrogen (secondary N) is 1. The first kappa shape index (κ1) is 23.8. The van der Waals surface area contributed by atoms with Crippen LogP contribution in [0.15, 0.2) is 57.8 Å². The molecule has 0 radical (unpaired) electrons. The second-order valence-electron chi connectivity index (χ2n) is 9.42. The normalized spacial score (nSPS) is 20.8. The lowest BCUT2D eigenvalue weighted by Crippen LogP contribution is -2.44. The Labute approximate surface area is 207 Å². The van der Waals surface area contributed by atoms with E-state index in [4.69, 9.17) is 4.74 Å². The lowest BCUT2D eigenvalue weighted by atomic mass is 9.95. The molecule has 0 aromatic heterocycles. The fourth-order valence-electron chi connectivity index (χ4n) is 5.35. The molecule has 0 unspecified atom stereocenters. The highest BCUT2D eigenvalue weighted by Crippen LogP contribution is 2.30.